The number of hydrogen-bond donors (Lipinski definition) is 2. The number of ether oxygens (including phenoxy) is 1. The van der Waals surface area contributed by atoms with Gasteiger partial charge in [-0.2, -0.15) is 0 Å². The molecule has 2 N–H and O–H groups in total. The lowest BCUT2D eigenvalue weighted by Crippen LogP contribution is -2.29. The number of nitrogens with one attached hydrogen (secondary N) is 2. The van der Waals surface area contributed by atoms with E-state index in [2.05, 4.69) is 17.6 Å². The van der Waals surface area contributed by atoms with Gasteiger partial charge >= 0.3 is 0 Å². The van der Waals surface area contributed by atoms with Gasteiger partial charge in [-0.05, 0) is 31.2 Å². The minimum Gasteiger partial charge on any atom is -0.482 e. The zero-order chi connectivity index (χ0) is 14.1. The molecule has 0 spiro atoms. The Hall–Kier alpha value is -1.26. The van der Waals surface area contributed by atoms with Gasteiger partial charge in [0.05, 0.1) is 5.02 Å². The van der Waals surface area contributed by atoms with E-state index in [0.717, 1.165) is 24.9 Å². The van der Waals surface area contributed by atoms with E-state index in [4.69, 9.17) is 16.3 Å². The standard InChI is InChI=1S/C14H21ClN2O2/c1-3-4-7-17-14(18)10-19-13-6-5-11(9-16-2)8-12(13)15/h5-6,8,16H,3-4,7,9-10H2,1-2H3,(H,17,18). The quantitative estimate of drug-likeness (QED) is 0.721. The maximum atomic E-state index is 11.5. The van der Waals surface area contributed by atoms with Crippen LogP contribution >= 0.6 is 11.6 Å². The Kier molecular flexibility index (Phi) is 7.30. The third kappa shape index (κ3) is 5.94. The molecule has 0 saturated carbocycles. The normalized spacial score (nSPS) is 10.3. The van der Waals surface area contributed by atoms with Gasteiger partial charge in [0.25, 0.3) is 5.91 Å². The number of benzene rings is 1. The molecule has 5 heteroatoms. The first-order valence-corrected chi connectivity index (χ1v) is 6.87. The van der Waals surface area contributed by atoms with Gasteiger partial charge in [-0.25, -0.2) is 0 Å². The summed E-state index contributed by atoms with van der Waals surface area (Å²) >= 11 is 6.09. The third-order valence-corrected chi connectivity index (χ3v) is 2.88. The highest BCUT2D eigenvalue weighted by Crippen LogP contribution is 2.25. The largest absolute Gasteiger partial charge is 0.482 e. The number of carbonyl (C=O) groups is 1. The maximum absolute atomic E-state index is 11.5. The number of amides is 1. The number of unbranched alkanes of at least 4 members (excludes halogenated alkanes) is 1. The molecule has 106 valence electrons. The second-order valence-corrected chi connectivity index (χ2v) is 4.69. The maximum Gasteiger partial charge on any atom is 0.257 e. The lowest BCUT2D eigenvalue weighted by atomic mass is 10.2. The van der Waals surface area contributed by atoms with E-state index in [1.165, 1.54) is 0 Å². The summed E-state index contributed by atoms with van der Waals surface area (Å²) in [6.45, 7) is 3.51. The molecule has 0 heterocycles. The van der Waals surface area contributed by atoms with Crippen LogP contribution in [0.4, 0.5) is 0 Å². The molecular formula is C14H21ClN2O2. The van der Waals surface area contributed by atoms with Crippen molar-refractivity contribution in [1.29, 1.82) is 0 Å². The Balaban J connectivity index is 2.42. The molecule has 1 aromatic carbocycles. The van der Waals surface area contributed by atoms with Crippen molar-refractivity contribution in [2.75, 3.05) is 20.2 Å². The molecule has 4 nitrogen and oxygen atoms in total. The summed E-state index contributed by atoms with van der Waals surface area (Å²) in [7, 11) is 1.87. The Morgan fingerprint density at radius 3 is 2.84 bits per heavy atom. The second-order valence-electron chi connectivity index (χ2n) is 4.29. The van der Waals surface area contributed by atoms with Crippen LogP contribution in [0.3, 0.4) is 0 Å². The van der Waals surface area contributed by atoms with Gasteiger partial charge in [-0.15, -0.1) is 0 Å². The summed E-state index contributed by atoms with van der Waals surface area (Å²) in [5, 5.41) is 6.36. The van der Waals surface area contributed by atoms with Crippen molar-refractivity contribution >= 4 is 17.5 Å². The van der Waals surface area contributed by atoms with Gasteiger partial charge < -0.3 is 15.4 Å². The summed E-state index contributed by atoms with van der Waals surface area (Å²) in [4.78, 5) is 11.5. The predicted octanol–water partition coefficient (Wildman–Crippen LogP) is 2.35. The summed E-state index contributed by atoms with van der Waals surface area (Å²) in [6, 6.07) is 5.55. The van der Waals surface area contributed by atoms with Crippen LogP contribution in [-0.4, -0.2) is 26.1 Å². The van der Waals surface area contributed by atoms with E-state index in [1.54, 1.807) is 6.07 Å². The molecule has 0 unspecified atom stereocenters. The molecule has 0 bridgehead atoms. The highest BCUT2D eigenvalue weighted by atomic mass is 35.5. The van der Waals surface area contributed by atoms with Crippen molar-refractivity contribution < 1.29 is 9.53 Å². The Morgan fingerprint density at radius 2 is 2.21 bits per heavy atom. The van der Waals surface area contributed by atoms with Crippen LogP contribution in [0.25, 0.3) is 0 Å². The fraction of sp³-hybridized carbons (Fsp3) is 0.500. The SMILES string of the molecule is CCCCNC(=O)COc1ccc(CNC)cc1Cl. The van der Waals surface area contributed by atoms with E-state index in [-0.39, 0.29) is 12.5 Å². The smallest absolute Gasteiger partial charge is 0.257 e. The van der Waals surface area contributed by atoms with Crippen LogP contribution in [0.5, 0.6) is 5.75 Å². The second kappa shape index (κ2) is 8.77. The first-order valence-electron chi connectivity index (χ1n) is 6.50. The molecule has 0 aromatic heterocycles. The van der Waals surface area contributed by atoms with E-state index in [0.29, 0.717) is 17.3 Å². The van der Waals surface area contributed by atoms with Gasteiger partial charge in [-0.1, -0.05) is 31.0 Å². The van der Waals surface area contributed by atoms with Gasteiger partial charge in [0.15, 0.2) is 6.61 Å². The van der Waals surface area contributed by atoms with Crippen molar-refractivity contribution in [2.45, 2.75) is 26.3 Å². The van der Waals surface area contributed by atoms with E-state index in [9.17, 15) is 4.79 Å². The average Bonchev–Trinajstić information content (AvgIpc) is 2.38. The minimum absolute atomic E-state index is 0.00515. The fourth-order valence-corrected chi connectivity index (χ4v) is 1.83. The first kappa shape index (κ1) is 15.8. The summed E-state index contributed by atoms with van der Waals surface area (Å²) in [5.41, 5.74) is 1.08. The Labute approximate surface area is 119 Å². The molecule has 0 aliphatic carbocycles. The predicted molar refractivity (Wildman–Crippen MR) is 77.6 cm³/mol. The Morgan fingerprint density at radius 1 is 1.42 bits per heavy atom. The number of halogens is 1. The molecule has 19 heavy (non-hydrogen) atoms. The van der Waals surface area contributed by atoms with Crippen molar-refractivity contribution in [3.05, 3.63) is 28.8 Å². The Bertz CT molecular complexity index is 410. The summed E-state index contributed by atoms with van der Waals surface area (Å²) in [5.74, 6) is 0.413. The minimum atomic E-state index is -0.121. The number of rotatable bonds is 8. The molecule has 0 saturated heterocycles. The highest BCUT2D eigenvalue weighted by Gasteiger charge is 2.06. The molecule has 0 aliphatic heterocycles. The van der Waals surface area contributed by atoms with E-state index in [1.807, 2.05) is 19.2 Å². The average molecular weight is 285 g/mol. The van der Waals surface area contributed by atoms with Crippen LogP contribution in [0.1, 0.15) is 25.3 Å². The van der Waals surface area contributed by atoms with Gasteiger partial charge in [0.1, 0.15) is 5.75 Å². The molecule has 0 aliphatic rings. The van der Waals surface area contributed by atoms with Crippen LogP contribution in [0.15, 0.2) is 18.2 Å². The van der Waals surface area contributed by atoms with Crippen molar-refractivity contribution in [3.8, 4) is 5.75 Å². The van der Waals surface area contributed by atoms with Gasteiger partial charge in [0, 0.05) is 13.1 Å². The van der Waals surface area contributed by atoms with E-state index < -0.39 is 0 Å². The monoisotopic (exact) mass is 284 g/mol. The molecule has 0 atom stereocenters. The zero-order valence-corrected chi connectivity index (χ0v) is 12.2. The number of carbonyl (C=O) groups excluding carboxylic acids is 1. The molecular weight excluding hydrogens is 264 g/mol. The summed E-state index contributed by atoms with van der Waals surface area (Å²) in [6.07, 6.45) is 2.03. The van der Waals surface area contributed by atoms with E-state index >= 15 is 0 Å². The fourth-order valence-electron chi connectivity index (χ4n) is 1.57. The van der Waals surface area contributed by atoms with Crippen LogP contribution in [0.2, 0.25) is 5.02 Å². The lowest BCUT2D eigenvalue weighted by molar-refractivity contribution is -0.123. The molecule has 1 aromatic rings. The molecule has 1 rings (SSSR count). The lowest BCUT2D eigenvalue weighted by Gasteiger charge is -2.09. The highest BCUT2D eigenvalue weighted by molar-refractivity contribution is 6.32. The van der Waals surface area contributed by atoms with Crippen molar-refractivity contribution in [3.63, 3.8) is 0 Å². The summed E-state index contributed by atoms with van der Waals surface area (Å²) < 4.78 is 5.40. The first-order chi connectivity index (χ1) is 9.17. The van der Waals surface area contributed by atoms with Crippen LogP contribution < -0.4 is 15.4 Å². The van der Waals surface area contributed by atoms with Crippen molar-refractivity contribution in [2.24, 2.45) is 0 Å². The number of hydrogen-bond acceptors (Lipinski definition) is 3. The van der Waals surface area contributed by atoms with Gasteiger partial charge in [0.2, 0.25) is 0 Å². The van der Waals surface area contributed by atoms with Crippen LogP contribution in [-0.2, 0) is 11.3 Å². The topological polar surface area (TPSA) is 50.4 Å². The third-order valence-electron chi connectivity index (χ3n) is 2.59. The molecule has 0 fully saturated rings. The molecule has 1 amide bonds. The van der Waals surface area contributed by atoms with Crippen LogP contribution in [0, 0.1) is 0 Å². The van der Waals surface area contributed by atoms with Crippen molar-refractivity contribution in [1.82, 2.24) is 10.6 Å². The van der Waals surface area contributed by atoms with Gasteiger partial charge in [-0.3, -0.25) is 4.79 Å². The molecule has 0 radical (unpaired) electrons. The zero-order valence-electron chi connectivity index (χ0n) is 11.5.